The van der Waals surface area contributed by atoms with Gasteiger partial charge in [0.1, 0.15) is 19.3 Å². The van der Waals surface area contributed by atoms with Gasteiger partial charge < -0.3 is 34.0 Å². The van der Waals surface area contributed by atoms with E-state index in [-0.39, 0.29) is 18.9 Å². The predicted molar refractivity (Wildman–Crippen MR) is 202 cm³/mol. The highest BCUT2D eigenvalue weighted by Gasteiger charge is 2.29. The molecule has 0 radical (unpaired) electrons. The highest BCUT2D eigenvalue weighted by atomic mass is 31.2. The number of likely N-dealkylation sites (N-methyl/N-ethyl adjacent to an activating group) is 1. The predicted octanol–water partition coefficient (Wildman–Crippen LogP) is 8.53. The van der Waals surface area contributed by atoms with Gasteiger partial charge in [-0.05, 0) is 38.5 Å². The van der Waals surface area contributed by atoms with Crippen molar-refractivity contribution < 1.29 is 38.0 Å². The first kappa shape index (κ1) is 47.9. The molecule has 0 aliphatic rings. The van der Waals surface area contributed by atoms with Gasteiger partial charge in [-0.2, -0.15) is 0 Å². The summed E-state index contributed by atoms with van der Waals surface area (Å²) >= 11 is 0. The number of allylic oxidation sites excluding steroid dienone is 4. The van der Waals surface area contributed by atoms with Crippen LogP contribution in [0.1, 0.15) is 162 Å². The third-order valence-corrected chi connectivity index (χ3v) is 9.73. The smallest absolute Gasteiger partial charge is 0.268 e. The maximum Gasteiger partial charge on any atom is 0.268 e. The number of carbonyl (C=O) groups excluding carboxylic acids is 1. The Morgan fingerprint density at radius 1 is 0.735 bits per heavy atom. The molecule has 0 saturated carbocycles. The van der Waals surface area contributed by atoms with Crippen molar-refractivity contribution in [2.45, 2.75) is 180 Å². The summed E-state index contributed by atoms with van der Waals surface area (Å²) in [6, 6.07) is -1.08. The first-order valence-corrected chi connectivity index (χ1v) is 21.2. The van der Waals surface area contributed by atoms with Gasteiger partial charge in [-0.1, -0.05) is 141 Å². The summed E-state index contributed by atoms with van der Waals surface area (Å²) in [5.74, 6) is -0.295. The van der Waals surface area contributed by atoms with E-state index in [1.165, 1.54) is 64.2 Å². The fraction of sp³-hybridized carbons (Fsp3) is 0.872. The zero-order valence-electron chi connectivity index (χ0n) is 32.3. The van der Waals surface area contributed by atoms with Crippen LogP contribution in [0, 0.1) is 0 Å². The molecule has 0 saturated heterocycles. The van der Waals surface area contributed by atoms with E-state index < -0.39 is 32.7 Å². The Hall–Kier alpha value is -1.06. The molecular weight excluding hydrogens is 639 g/mol. The largest absolute Gasteiger partial charge is 0.756 e. The minimum absolute atomic E-state index is 0.0435. The highest BCUT2D eigenvalue weighted by molar-refractivity contribution is 7.45. The minimum atomic E-state index is -4.66. The standard InChI is InChI=1S/C39H77N2O7P/c1-6-8-10-12-14-16-18-20-22-24-26-28-30-32-38(43)40-36(35-48-49(45,46)47-34-33-41(3,4)5)39(44)37(42)31-29-27-25-23-21-19-17-15-13-11-9-7-2/h10,12,16,18,36-37,39,42,44H,6-9,11,13-15,17,19-35H2,1-5H3,(H-,40,43,45,46)/b12-10-,18-16-. The van der Waals surface area contributed by atoms with Crippen molar-refractivity contribution in [2.75, 3.05) is 40.9 Å². The topological polar surface area (TPSA) is 128 Å². The number of nitrogens with one attached hydrogen (secondary N) is 1. The Bertz CT molecular complexity index is 878. The van der Waals surface area contributed by atoms with Crippen molar-refractivity contribution in [1.82, 2.24) is 5.32 Å². The van der Waals surface area contributed by atoms with Gasteiger partial charge in [0.05, 0.1) is 39.9 Å². The molecule has 0 aromatic rings. The maximum atomic E-state index is 12.8. The van der Waals surface area contributed by atoms with Gasteiger partial charge in [0.2, 0.25) is 5.91 Å². The lowest BCUT2D eigenvalue weighted by Gasteiger charge is -2.31. The quantitative estimate of drug-likeness (QED) is 0.0260. The normalized spacial score (nSPS) is 15.5. The summed E-state index contributed by atoms with van der Waals surface area (Å²) < 4.78 is 23.0. The van der Waals surface area contributed by atoms with E-state index in [0.29, 0.717) is 23.9 Å². The first-order chi connectivity index (χ1) is 23.4. The van der Waals surface area contributed by atoms with Gasteiger partial charge in [0, 0.05) is 6.42 Å². The van der Waals surface area contributed by atoms with E-state index in [9.17, 15) is 24.5 Å². The molecule has 4 atom stereocenters. The van der Waals surface area contributed by atoms with Gasteiger partial charge in [0.25, 0.3) is 7.82 Å². The molecule has 0 heterocycles. The molecule has 9 nitrogen and oxygen atoms in total. The van der Waals surface area contributed by atoms with Crippen LogP contribution in [0.25, 0.3) is 0 Å². The monoisotopic (exact) mass is 717 g/mol. The zero-order chi connectivity index (χ0) is 36.6. The number of phosphoric acid groups is 1. The van der Waals surface area contributed by atoms with Gasteiger partial charge in [-0.15, -0.1) is 0 Å². The fourth-order valence-electron chi connectivity index (χ4n) is 5.52. The van der Waals surface area contributed by atoms with Crippen LogP contribution in [-0.2, 0) is 18.4 Å². The molecule has 49 heavy (non-hydrogen) atoms. The first-order valence-electron chi connectivity index (χ1n) is 19.8. The van der Waals surface area contributed by atoms with Crippen LogP contribution < -0.4 is 10.2 Å². The second-order valence-electron chi connectivity index (χ2n) is 14.8. The van der Waals surface area contributed by atoms with Crippen molar-refractivity contribution in [3.63, 3.8) is 0 Å². The van der Waals surface area contributed by atoms with E-state index in [2.05, 4.69) is 43.5 Å². The number of rotatable bonds is 35. The van der Waals surface area contributed by atoms with Crippen molar-refractivity contribution in [3.8, 4) is 0 Å². The molecule has 0 spiro atoms. The van der Waals surface area contributed by atoms with Crippen molar-refractivity contribution in [1.29, 1.82) is 0 Å². The van der Waals surface area contributed by atoms with Gasteiger partial charge >= 0.3 is 0 Å². The molecule has 1 amide bonds. The average Bonchev–Trinajstić information content (AvgIpc) is 3.04. The zero-order valence-corrected chi connectivity index (χ0v) is 33.2. The number of nitrogens with zero attached hydrogens (tertiary/aromatic N) is 1. The molecule has 0 aromatic carbocycles. The number of unbranched alkanes of at least 4 members (excludes halogenated alkanes) is 17. The molecule has 0 aromatic heterocycles. The number of hydrogen-bond donors (Lipinski definition) is 3. The summed E-state index contributed by atoms with van der Waals surface area (Å²) in [6.07, 6.45) is 30.7. The number of hydrogen-bond acceptors (Lipinski definition) is 7. The van der Waals surface area contributed by atoms with E-state index in [1.54, 1.807) is 0 Å². The molecule has 10 heteroatoms. The van der Waals surface area contributed by atoms with Crippen molar-refractivity contribution in [3.05, 3.63) is 24.3 Å². The minimum Gasteiger partial charge on any atom is -0.756 e. The molecule has 290 valence electrons. The lowest BCUT2D eigenvalue weighted by Crippen LogP contribution is -2.51. The van der Waals surface area contributed by atoms with E-state index in [0.717, 1.165) is 64.2 Å². The molecule has 0 fully saturated rings. The summed E-state index contributed by atoms with van der Waals surface area (Å²) in [4.78, 5) is 25.2. The number of aliphatic hydroxyl groups excluding tert-OH is 2. The van der Waals surface area contributed by atoms with Crippen molar-refractivity contribution in [2.24, 2.45) is 0 Å². The van der Waals surface area contributed by atoms with E-state index >= 15 is 0 Å². The maximum absolute atomic E-state index is 12.8. The third kappa shape index (κ3) is 32.6. The third-order valence-electron chi connectivity index (χ3n) is 8.77. The van der Waals surface area contributed by atoms with E-state index in [1.807, 2.05) is 21.1 Å². The Balaban J connectivity index is 4.63. The van der Waals surface area contributed by atoms with Gasteiger partial charge in [0.15, 0.2) is 0 Å². The number of carbonyl (C=O) groups is 1. The van der Waals surface area contributed by atoms with Crippen LogP contribution in [0.15, 0.2) is 24.3 Å². The number of quaternary nitrogens is 1. The molecule has 0 rings (SSSR count). The molecular formula is C39H77N2O7P. The van der Waals surface area contributed by atoms with Crippen LogP contribution in [0.5, 0.6) is 0 Å². The lowest BCUT2D eigenvalue weighted by atomic mass is 9.99. The molecule has 0 bridgehead atoms. The van der Waals surface area contributed by atoms with Gasteiger partial charge in [-0.3, -0.25) is 9.36 Å². The second-order valence-corrected chi connectivity index (χ2v) is 16.2. The Morgan fingerprint density at radius 3 is 1.84 bits per heavy atom. The lowest BCUT2D eigenvalue weighted by molar-refractivity contribution is -0.870. The molecule has 0 aliphatic heterocycles. The average molecular weight is 717 g/mol. The Kier molecular flexibility index (Phi) is 31.0. The van der Waals surface area contributed by atoms with Gasteiger partial charge in [-0.25, -0.2) is 0 Å². The second kappa shape index (κ2) is 31.7. The summed E-state index contributed by atoms with van der Waals surface area (Å²) in [6.45, 7) is 4.33. The molecule has 4 unspecified atom stereocenters. The number of amides is 1. The number of aliphatic hydroxyl groups is 2. The summed E-state index contributed by atoms with van der Waals surface area (Å²) in [5.41, 5.74) is 0. The molecule has 0 aliphatic carbocycles. The van der Waals surface area contributed by atoms with Crippen LogP contribution in [0.4, 0.5) is 0 Å². The van der Waals surface area contributed by atoms with Crippen LogP contribution in [0.3, 0.4) is 0 Å². The fourth-order valence-corrected chi connectivity index (χ4v) is 6.25. The summed E-state index contributed by atoms with van der Waals surface area (Å²) in [5, 5.41) is 24.5. The highest BCUT2D eigenvalue weighted by Crippen LogP contribution is 2.38. The SMILES string of the molecule is CCC/C=C\C/C=C\CCCCCCCC(=O)NC(COP(=O)([O-])OCC[N+](C)(C)C)C(O)C(O)CCCCCCCCCCCCCC. The Morgan fingerprint density at radius 2 is 1.27 bits per heavy atom. The van der Waals surface area contributed by atoms with E-state index in [4.69, 9.17) is 9.05 Å². The van der Waals surface area contributed by atoms with Crippen LogP contribution >= 0.6 is 7.82 Å². The molecule has 3 N–H and O–H groups in total. The summed E-state index contributed by atoms with van der Waals surface area (Å²) in [7, 11) is 1.11. The number of phosphoric ester groups is 1. The Labute approximate surface area is 301 Å². The van der Waals surface area contributed by atoms with Crippen molar-refractivity contribution >= 4 is 13.7 Å². The van der Waals surface area contributed by atoms with Crippen LogP contribution in [-0.4, -0.2) is 79.8 Å². The van der Waals surface area contributed by atoms with Crippen LogP contribution in [0.2, 0.25) is 0 Å².